The molecule has 1 N–H and O–H groups in total. The molecule has 1 atom stereocenters. The van der Waals surface area contributed by atoms with Gasteiger partial charge in [-0.25, -0.2) is 0 Å². The summed E-state index contributed by atoms with van der Waals surface area (Å²) in [5.41, 5.74) is 2.56. The fourth-order valence-electron chi connectivity index (χ4n) is 2.82. The smallest absolute Gasteiger partial charge is 0.258 e. The summed E-state index contributed by atoms with van der Waals surface area (Å²) in [5, 5.41) is 3.72. The predicted octanol–water partition coefficient (Wildman–Crippen LogP) is 3.91. The third kappa shape index (κ3) is 3.60. The van der Waals surface area contributed by atoms with E-state index in [1.54, 1.807) is 24.3 Å². The zero-order valence-corrected chi connectivity index (χ0v) is 13.0. The summed E-state index contributed by atoms with van der Waals surface area (Å²) in [4.78, 5) is 12.1. The Morgan fingerprint density at radius 2 is 1.95 bits per heavy atom. The van der Waals surface area contributed by atoms with Gasteiger partial charge in [-0.2, -0.15) is 0 Å². The normalized spacial score (nSPS) is 16.7. The molecule has 1 amide bonds. The highest BCUT2D eigenvalue weighted by molar-refractivity contribution is 6.30. The van der Waals surface area contributed by atoms with E-state index in [1.807, 2.05) is 12.1 Å². The highest BCUT2D eigenvalue weighted by Crippen LogP contribution is 2.29. The standard InChI is InChI=1S/C18H18ClNO2/c19-14-8-10-15(11-9-14)22-12-18(21)20-17-7-3-5-13-4-1-2-6-16(13)17/h1-2,4,6,8-11,17H,3,5,7,12H2,(H,20,21). The molecular weight excluding hydrogens is 298 g/mol. The molecule has 0 saturated carbocycles. The van der Waals surface area contributed by atoms with Gasteiger partial charge in [0.1, 0.15) is 5.75 Å². The highest BCUT2D eigenvalue weighted by atomic mass is 35.5. The molecule has 114 valence electrons. The number of hydrogen-bond donors (Lipinski definition) is 1. The molecule has 2 aromatic rings. The number of nitrogens with one attached hydrogen (secondary N) is 1. The average Bonchev–Trinajstić information content (AvgIpc) is 2.55. The van der Waals surface area contributed by atoms with Crippen LogP contribution in [0.5, 0.6) is 5.75 Å². The number of benzene rings is 2. The molecule has 0 aromatic heterocycles. The van der Waals surface area contributed by atoms with E-state index in [0.29, 0.717) is 10.8 Å². The van der Waals surface area contributed by atoms with Crippen LogP contribution < -0.4 is 10.1 Å². The van der Waals surface area contributed by atoms with Crippen LogP contribution >= 0.6 is 11.6 Å². The van der Waals surface area contributed by atoms with Crippen LogP contribution in [0.4, 0.5) is 0 Å². The Balaban J connectivity index is 1.57. The monoisotopic (exact) mass is 315 g/mol. The first-order valence-electron chi connectivity index (χ1n) is 7.48. The molecule has 3 nitrogen and oxygen atoms in total. The summed E-state index contributed by atoms with van der Waals surface area (Å²) in [6.45, 7) is 0.0142. The molecule has 2 aromatic carbocycles. The topological polar surface area (TPSA) is 38.3 Å². The first-order valence-corrected chi connectivity index (χ1v) is 7.86. The van der Waals surface area contributed by atoms with Crippen LogP contribution in [0.1, 0.15) is 30.0 Å². The Morgan fingerprint density at radius 3 is 2.77 bits per heavy atom. The average molecular weight is 316 g/mol. The first-order chi connectivity index (χ1) is 10.7. The Labute approximate surface area is 135 Å². The molecule has 22 heavy (non-hydrogen) atoms. The summed E-state index contributed by atoms with van der Waals surface area (Å²) in [5.74, 6) is 0.542. The quantitative estimate of drug-likeness (QED) is 0.929. The van der Waals surface area contributed by atoms with Gasteiger partial charge in [0.15, 0.2) is 6.61 Å². The Bertz CT molecular complexity index is 654. The number of carbonyl (C=O) groups excluding carboxylic acids is 1. The van der Waals surface area contributed by atoms with Gasteiger partial charge in [0.25, 0.3) is 5.91 Å². The van der Waals surface area contributed by atoms with Crippen LogP contribution in [0.25, 0.3) is 0 Å². The minimum absolute atomic E-state index is 0.0142. The fraction of sp³-hybridized carbons (Fsp3) is 0.278. The third-order valence-corrected chi connectivity index (χ3v) is 4.14. The maximum absolute atomic E-state index is 12.1. The van der Waals surface area contributed by atoms with E-state index in [2.05, 4.69) is 17.4 Å². The molecule has 1 aliphatic carbocycles. The van der Waals surface area contributed by atoms with Crippen molar-refractivity contribution in [2.75, 3.05) is 6.61 Å². The Hall–Kier alpha value is -2.00. The van der Waals surface area contributed by atoms with Crippen LogP contribution in [0, 0.1) is 0 Å². The molecule has 3 rings (SSSR count). The summed E-state index contributed by atoms with van der Waals surface area (Å²) in [7, 11) is 0. The van der Waals surface area contributed by atoms with Crippen molar-refractivity contribution in [2.24, 2.45) is 0 Å². The number of rotatable bonds is 4. The van der Waals surface area contributed by atoms with E-state index in [1.165, 1.54) is 11.1 Å². The van der Waals surface area contributed by atoms with E-state index in [0.717, 1.165) is 19.3 Å². The number of ether oxygens (including phenoxy) is 1. The molecule has 1 unspecified atom stereocenters. The Morgan fingerprint density at radius 1 is 1.18 bits per heavy atom. The lowest BCUT2D eigenvalue weighted by Crippen LogP contribution is -2.34. The van der Waals surface area contributed by atoms with Gasteiger partial charge in [-0.15, -0.1) is 0 Å². The number of hydrogen-bond acceptors (Lipinski definition) is 2. The molecule has 4 heteroatoms. The Kier molecular flexibility index (Phi) is 4.64. The molecule has 0 bridgehead atoms. The fourth-order valence-corrected chi connectivity index (χ4v) is 2.95. The zero-order valence-electron chi connectivity index (χ0n) is 12.2. The van der Waals surface area contributed by atoms with Crippen LogP contribution in [-0.2, 0) is 11.2 Å². The van der Waals surface area contributed by atoms with Crippen molar-refractivity contribution in [3.63, 3.8) is 0 Å². The number of fused-ring (bicyclic) bond motifs is 1. The van der Waals surface area contributed by atoms with Crippen LogP contribution in [0.15, 0.2) is 48.5 Å². The van der Waals surface area contributed by atoms with Gasteiger partial charge in [0.05, 0.1) is 6.04 Å². The predicted molar refractivity (Wildman–Crippen MR) is 87.2 cm³/mol. The highest BCUT2D eigenvalue weighted by Gasteiger charge is 2.21. The summed E-state index contributed by atoms with van der Waals surface area (Å²) in [6, 6.07) is 15.4. The van der Waals surface area contributed by atoms with Crippen molar-refractivity contribution in [2.45, 2.75) is 25.3 Å². The molecule has 0 fully saturated rings. The van der Waals surface area contributed by atoms with Gasteiger partial charge in [-0.1, -0.05) is 35.9 Å². The lowest BCUT2D eigenvalue weighted by molar-refractivity contribution is -0.123. The number of amides is 1. The molecule has 0 radical (unpaired) electrons. The van der Waals surface area contributed by atoms with Crippen molar-refractivity contribution in [3.05, 3.63) is 64.7 Å². The van der Waals surface area contributed by atoms with Gasteiger partial charge >= 0.3 is 0 Å². The van der Waals surface area contributed by atoms with Crippen molar-refractivity contribution >= 4 is 17.5 Å². The lowest BCUT2D eigenvalue weighted by Gasteiger charge is -2.26. The molecule has 0 spiro atoms. The van der Waals surface area contributed by atoms with Gasteiger partial charge in [0.2, 0.25) is 0 Å². The van der Waals surface area contributed by atoms with Crippen molar-refractivity contribution in [1.29, 1.82) is 0 Å². The number of aryl methyl sites for hydroxylation is 1. The molecule has 1 aliphatic rings. The SMILES string of the molecule is O=C(COc1ccc(Cl)cc1)NC1CCCc2ccccc21. The second-order valence-corrected chi connectivity index (χ2v) is 5.89. The van der Waals surface area contributed by atoms with E-state index in [4.69, 9.17) is 16.3 Å². The van der Waals surface area contributed by atoms with Gasteiger partial charge in [0, 0.05) is 5.02 Å². The van der Waals surface area contributed by atoms with Gasteiger partial charge in [-0.05, 0) is 54.7 Å². The van der Waals surface area contributed by atoms with E-state index < -0.39 is 0 Å². The van der Waals surface area contributed by atoms with Gasteiger partial charge in [-0.3, -0.25) is 4.79 Å². The molecule has 0 saturated heterocycles. The van der Waals surface area contributed by atoms with Crippen molar-refractivity contribution in [1.82, 2.24) is 5.32 Å². The van der Waals surface area contributed by atoms with Crippen molar-refractivity contribution < 1.29 is 9.53 Å². The maximum atomic E-state index is 12.1. The minimum Gasteiger partial charge on any atom is -0.484 e. The first kappa shape index (κ1) is 14.9. The van der Waals surface area contributed by atoms with Gasteiger partial charge < -0.3 is 10.1 Å². The summed E-state index contributed by atoms with van der Waals surface area (Å²) >= 11 is 5.82. The van der Waals surface area contributed by atoms with Crippen LogP contribution in [0.2, 0.25) is 5.02 Å². The maximum Gasteiger partial charge on any atom is 0.258 e. The van der Waals surface area contributed by atoms with Crippen LogP contribution in [-0.4, -0.2) is 12.5 Å². The molecule has 0 heterocycles. The van der Waals surface area contributed by atoms with Crippen molar-refractivity contribution in [3.8, 4) is 5.75 Å². The van der Waals surface area contributed by atoms with E-state index in [9.17, 15) is 4.79 Å². The minimum atomic E-state index is -0.100. The largest absolute Gasteiger partial charge is 0.484 e. The second-order valence-electron chi connectivity index (χ2n) is 5.45. The second kappa shape index (κ2) is 6.84. The zero-order chi connectivity index (χ0) is 15.4. The summed E-state index contributed by atoms with van der Waals surface area (Å²) < 4.78 is 5.48. The van der Waals surface area contributed by atoms with E-state index in [-0.39, 0.29) is 18.6 Å². The number of carbonyl (C=O) groups is 1. The van der Waals surface area contributed by atoms with E-state index >= 15 is 0 Å². The molecular formula is C18H18ClNO2. The number of halogens is 1. The third-order valence-electron chi connectivity index (χ3n) is 3.89. The lowest BCUT2D eigenvalue weighted by atomic mass is 9.88. The molecule has 0 aliphatic heterocycles. The van der Waals surface area contributed by atoms with Crippen LogP contribution in [0.3, 0.4) is 0 Å². The summed E-state index contributed by atoms with van der Waals surface area (Å²) in [6.07, 6.45) is 3.16.